The van der Waals surface area contributed by atoms with Gasteiger partial charge in [0.1, 0.15) is 0 Å². The van der Waals surface area contributed by atoms with Crippen molar-refractivity contribution in [1.29, 1.82) is 0 Å². The quantitative estimate of drug-likeness (QED) is 0.335. The van der Waals surface area contributed by atoms with E-state index >= 15 is 0 Å². The highest BCUT2D eigenvalue weighted by Gasteiger charge is 2.49. The second-order valence-corrected chi connectivity index (χ2v) is 25.4. The molecule has 33 heavy (non-hydrogen) atoms. The lowest BCUT2D eigenvalue weighted by Gasteiger charge is -2.36. The maximum Gasteiger partial charge on any atom is 0.341 e. The Morgan fingerprint density at radius 1 is 0.727 bits per heavy atom. The van der Waals surface area contributed by atoms with E-state index in [0.29, 0.717) is 0 Å². The van der Waals surface area contributed by atoms with Crippen LogP contribution in [0.15, 0.2) is 54.1 Å². The number of benzene rings is 1. The van der Waals surface area contributed by atoms with E-state index in [-0.39, 0.29) is 5.54 Å². The Kier molecular flexibility index (Phi) is 10.3. The molecule has 0 aromatic heterocycles. The number of hydrogen-bond donors (Lipinski definition) is 0. The minimum atomic E-state index is -2.56. The van der Waals surface area contributed by atoms with Gasteiger partial charge < -0.3 is 26.6 Å². The predicted molar refractivity (Wildman–Crippen MR) is 144 cm³/mol. The first-order chi connectivity index (χ1) is 15.6. The summed E-state index contributed by atoms with van der Waals surface area (Å²) in [6, 6.07) is 11.3. The Morgan fingerprint density at radius 3 is 1.82 bits per heavy atom. The molecule has 0 saturated heterocycles. The molecule has 2 rings (SSSR count). The van der Waals surface area contributed by atoms with E-state index in [9.17, 15) is 0 Å². The third-order valence-corrected chi connectivity index (χ3v) is 26.8. The van der Waals surface area contributed by atoms with Crippen LogP contribution in [-0.2, 0) is 26.6 Å². The molecule has 3 unspecified atom stereocenters. The summed E-state index contributed by atoms with van der Waals surface area (Å²) in [6.07, 6.45) is 6.85. The highest BCUT2D eigenvalue weighted by Crippen LogP contribution is 2.40. The summed E-state index contributed by atoms with van der Waals surface area (Å²) >= 11 is 0. The molecule has 10 heteroatoms. The minimum absolute atomic E-state index is 0.259. The lowest BCUT2D eigenvalue weighted by Crippen LogP contribution is -2.56. The maximum absolute atomic E-state index is 6.17. The van der Waals surface area contributed by atoms with Crippen LogP contribution in [-0.4, -0.2) is 76.4 Å². The standard InChI is InChI=1S/C23H42O6Si4/c1-24-30(7,19-32(9,26-3)27-4)23-16-15-21(17-23)18-33(28-5,29-6)20-31(8,25-2)22-13-11-10-12-14-22/h10-17,23H,18-20H2,1-9H3. The molecule has 0 heterocycles. The number of allylic oxidation sites excluding steroid dienone is 4. The van der Waals surface area contributed by atoms with E-state index in [0.717, 1.165) is 17.4 Å². The third-order valence-electron chi connectivity index (χ3n) is 7.28. The molecule has 0 aliphatic heterocycles. The van der Waals surface area contributed by atoms with Gasteiger partial charge in [0.15, 0.2) is 0 Å². The number of rotatable bonds is 14. The summed E-state index contributed by atoms with van der Waals surface area (Å²) in [5, 5.41) is 1.26. The molecular weight excluding hydrogens is 485 g/mol. The van der Waals surface area contributed by atoms with E-state index in [4.69, 9.17) is 26.6 Å². The van der Waals surface area contributed by atoms with E-state index in [2.05, 4.69) is 62.1 Å². The molecule has 1 aromatic rings. The van der Waals surface area contributed by atoms with Crippen LogP contribution in [0.5, 0.6) is 0 Å². The molecule has 0 bridgehead atoms. The van der Waals surface area contributed by atoms with Gasteiger partial charge in [0, 0.05) is 65.6 Å². The van der Waals surface area contributed by atoms with Crippen LogP contribution in [0.3, 0.4) is 0 Å². The minimum Gasteiger partial charge on any atom is -0.419 e. The van der Waals surface area contributed by atoms with Gasteiger partial charge in [-0.05, 0) is 24.8 Å². The van der Waals surface area contributed by atoms with Gasteiger partial charge in [-0.2, -0.15) is 0 Å². The van der Waals surface area contributed by atoms with Crippen LogP contribution in [0.4, 0.5) is 0 Å². The normalized spacial score (nSPS) is 20.4. The van der Waals surface area contributed by atoms with Crippen molar-refractivity contribution in [3.63, 3.8) is 0 Å². The van der Waals surface area contributed by atoms with Crippen molar-refractivity contribution >= 4 is 38.9 Å². The molecular formula is C23H42O6Si4. The van der Waals surface area contributed by atoms with Crippen molar-refractivity contribution in [3.8, 4) is 0 Å². The van der Waals surface area contributed by atoms with Crippen LogP contribution >= 0.6 is 0 Å². The van der Waals surface area contributed by atoms with Gasteiger partial charge >= 0.3 is 17.1 Å². The van der Waals surface area contributed by atoms with Crippen LogP contribution in [0.2, 0.25) is 42.6 Å². The summed E-state index contributed by atoms with van der Waals surface area (Å²) < 4.78 is 36.2. The Labute approximate surface area is 204 Å². The first-order valence-electron chi connectivity index (χ1n) is 11.3. The molecule has 186 valence electrons. The fourth-order valence-corrected chi connectivity index (χ4v) is 23.5. The average molecular weight is 527 g/mol. The molecule has 6 nitrogen and oxygen atoms in total. The van der Waals surface area contributed by atoms with Gasteiger partial charge in [0.05, 0.1) is 0 Å². The molecule has 0 fully saturated rings. The summed E-state index contributed by atoms with van der Waals surface area (Å²) in [5.74, 6) is 0. The van der Waals surface area contributed by atoms with Gasteiger partial charge in [-0.15, -0.1) is 0 Å². The van der Waals surface area contributed by atoms with Crippen LogP contribution in [0, 0.1) is 0 Å². The van der Waals surface area contributed by atoms with Gasteiger partial charge in [0.25, 0.3) is 0 Å². The van der Waals surface area contributed by atoms with Crippen LogP contribution in [0.25, 0.3) is 0 Å². The van der Waals surface area contributed by atoms with Crippen molar-refractivity contribution in [2.45, 2.75) is 42.6 Å². The molecule has 0 spiro atoms. The summed E-state index contributed by atoms with van der Waals surface area (Å²) in [5.41, 5.74) is 3.20. The first kappa shape index (κ1) is 28.6. The lowest BCUT2D eigenvalue weighted by molar-refractivity contribution is 0.247. The van der Waals surface area contributed by atoms with E-state index in [1.807, 2.05) is 20.3 Å². The van der Waals surface area contributed by atoms with Crippen LogP contribution < -0.4 is 5.19 Å². The molecule has 0 saturated carbocycles. The van der Waals surface area contributed by atoms with Gasteiger partial charge in [-0.25, -0.2) is 0 Å². The largest absolute Gasteiger partial charge is 0.419 e. The van der Waals surface area contributed by atoms with Gasteiger partial charge in [-0.3, -0.25) is 0 Å². The smallest absolute Gasteiger partial charge is 0.341 e. The number of hydrogen-bond acceptors (Lipinski definition) is 6. The van der Waals surface area contributed by atoms with E-state index in [1.165, 1.54) is 10.8 Å². The van der Waals surface area contributed by atoms with Crippen molar-refractivity contribution in [2.75, 3.05) is 42.7 Å². The highest BCUT2D eigenvalue weighted by molar-refractivity contribution is 6.96. The summed E-state index contributed by atoms with van der Waals surface area (Å²) in [7, 11) is 1.50. The first-order valence-corrected chi connectivity index (χ1v) is 21.4. The molecule has 0 radical (unpaired) electrons. The Balaban J connectivity index is 2.27. The fraction of sp³-hybridized carbons (Fsp3) is 0.565. The zero-order valence-corrected chi connectivity index (χ0v) is 25.8. The zero-order valence-electron chi connectivity index (χ0n) is 21.8. The lowest BCUT2D eigenvalue weighted by atomic mass is 10.3. The van der Waals surface area contributed by atoms with E-state index in [1.54, 1.807) is 28.4 Å². The van der Waals surface area contributed by atoms with Gasteiger partial charge in [0.2, 0.25) is 16.6 Å². The third kappa shape index (κ3) is 6.72. The highest BCUT2D eigenvalue weighted by atomic mass is 28.4. The SMILES string of the molecule is CO[Si](C)(C[Si](C)(OC)C1C=CC(C[Si](C[Si](C)(OC)c2ccccc2)(OC)OC)=C1)OC. The topological polar surface area (TPSA) is 55.4 Å². The van der Waals surface area contributed by atoms with Gasteiger partial charge in [-0.1, -0.05) is 54.1 Å². The molecule has 1 aromatic carbocycles. The van der Waals surface area contributed by atoms with Crippen molar-refractivity contribution < 1.29 is 26.6 Å². The molecule has 0 amide bonds. The predicted octanol–water partition coefficient (Wildman–Crippen LogP) is 4.38. The Hall–Kier alpha value is -0.672. The molecule has 0 N–H and O–H groups in total. The Morgan fingerprint density at radius 2 is 1.33 bits per heavy atom. The van der Waals surface area contributed by atoms with Crippen molar-refractivity contribution in [3.05, 3.63) is 54.1 Å². The maximum atomic E-state index is 6.17. The van der Waals surface area contributed by atoms with E-state index < -0.39 is 33.8 Å². The second kappa shape index (κ2) is 11.8. The molecule has 3 atom stereocenters. The van der Waals surface area contributed by atoms with Crippen LogP contribution in [0.1, 0.15) is 0 Å². The summed E-state index contributed by atoms with van der Waals surface area (Å²) in [4.78, 5) is 0. The summed E-state index contributed by atoms with van der Waals surface area (Å²) in [6.45, 7) is 6.63. The second-order valence-electron chi connectivity index (χ2n) is 9.34. The monoisotopic (exact) mass is 526 g/mol. The fourth-order valence-electron chi connectivity index (χ4n) is 4.60. The molecule has 1 aliphatic carbocycles. The molecule has 1 aliphatic rings. The average Bonchev–Trinajstić information content (AvgIpc) is 3.32. The van der Waals surface area contributed by atoms with Crippen molar-refractivity contribution in [2.24, 2.45) is 0 Å². The van der Waals surface area contributed by atoms with Crippen molar-refractivity contribution in [1.82, 2.24) is 0 Å². The Bertz CT molecular complexity index is 812. The zero-order chi connectivity index (χ0) is 24.8.